The highest BCUT2D eigenvalue weighted by atomic mass is 35.5. The van der Waals surface area contributed by atoms with Crippen molar-refractivity contribution >= 4 is 39.2 Å². The largest absolute Gasteiger partial charge is 0.379 e. The summed E-state index contributed by atoms with van der Waals surface area (Å²) in [7, 11) is 0. The number of hydrogen-bond acceptors (Lipinski definition) is 4. The van der Waals surface area contributed by atoms with Gasteiger partial charge in [0.1, 0.15) is 11.4 Å². The fourth-order valence-corrected chi connectivity index (χ4v) is 5.20. The Balaban J connectivity index is 1.56. The summed E-state index contributed by atoms with van der Waals surface area (Å²) >= 11 is 6.21. The highest BCUT2D eigenvalue weighted by Gasteiger charge is 2.35. The zero-order chi connectivity index (χ0) is 20.2. The lowest BCUT2D eigenvalue weighted by molar-refractivity contribution is 0.0976. The van der Waals surface area contributed by atoms with E-state index in [2.05, 4.69) is 20.2 Å². The predicted molar refractivity (Wildman–Crippen MR) is 121 cm³/mol. The Hall–Kier alpha value is -2.83. The number of benzene rings is 2. The maximum atomic E-state index is 13.2. The van der Waals surface area contributed by atoms with E-state index in [1.54, 1.807) is 0 Å². The maximum Gasteiger partial charge on any atom is 0.261 e. The first-order chi connectivity index (χ1) is 14.7. The number of rotatable bonds is 3. The van der Waals surface area contributed by atoms with E-state index in [0.29, 0.717) is 28.4 Å². The number of hydrogen-bond donors (Lipinski definition) is 3. The van der Waals surface area contributed by atoms with Gasteiger partial charge >= 0.3 is 0 Å². The van der Waals surface area contributed by atoms with Crippen molar-refractivity contribution in [2.24, 2.45) is 5.92 Å². The van der Waals surface area contributed by atoms with Crippen LogP contribution in [0.3, 0.4) is 0 Å². The van der Waals surface area contributed by atoms with Crippen molar-refractivity contribution in [2.75, 3.05) is 25.0 Å². The molecule has 3 aliphatic heterocycles. The van der Waals surface area contributed by atoms with Gasteiger partial charge in [-0.3, -0.25) is 4.79 Å². The van der Waals surface area contributed by atoms with Crippen molar-refractivity contribution in [1.29, 1.82) is 0 Å². The quantitative estimate of drug-likeness (QED) is 0.464. The Morgan fingerprint density at radius 3 is 2.67 bits per heavy atom. The standard InChI is InChI=1S/C23H22ClN5O/c24-14-5-6-15-18(11-14)28-23(30)20(22-26-16-3-1-2-4-17(16)27-22)21(15)25-19-12-29-9-7-13(19)8-10-29/h1-6,11,13,19H,7-10,12H2,(H,26,27)(H2,25,28,30)/t19-/m0/s1. The monoisotopic (exact) mass is 419 g/mol. The molecule has 2 aromatic heterocycles. The SMILES string of the molecule is O=c1[nH]c2cc(Cl)ccc2c(N[C@H]2CN3CCC2CC3)c1-c1nc2ccccc2[nH]1. The number of anilines is 1. The van der Waals surface area contributed by atoms with E-state index >= 15 is 0 Å². The molecule has 3 N–H and O–H groups in total. The number of aromatic nitrogens is 3. The molecule has 0 saturated carbocycles. The second-order valence-electron chi connectivity index (χ2n) is 8.39. The first-order valence-corrected chi connectivity index (χ1v) is 10.8. The van der Waals surface area contributed by atoms with E-state index in [4.69, 9.17) is 16.6 Å². The van der Waals surface area contributed by atoms with E-state index in [0.717, 1.165) is 34.2 Å². The van der Waals surface area contributed by atoms with Gasteiger partial charge in [-0.2, -0.15) is 0 Å². The fourth-order valence-electron chi connectivity index (χ4n) is 5.03. The molecule has 6 nitrogen and oxygen atoms in total. The van der Waals surface area contributed by atoms with Crippen molar-refractivity contribution in [2.45, 2.75) is 18.9 Å². The van der Waals surface area contributed by atoms with Gasteiger partial charge in [0.15, 0.2) is 0 Å². The van der Waals surface area contributed by atoms with Crippen LogP contribution < -0.4 is 10.9 Å². The van der Waals surface area contributed by atoms with Gasteiger partial charge in [-0.15, -0.1) is 0 Å². The van der Waals surface area contributed by atoms with Crippen molar-refractivity contribution in [1.82, 2.24) is 19.9 Å². The van der Waals surface area contributed by atoms with Crippen molar-refractivity contribution in [3.63, 3.8) is 0 Å². The zero-order valence-electron chi connectivity index (χ0n) is 16.4. The van der Waals surface area contributed by atoms with Crippen LogP contribution in [-0.4, -0.2) is 45.5 Å². The summed E-state index contributed by atoms with van der Waals surface area (Å²) in [4.78, 5) is 26.8. The molecule has 0 spiro atoms. The number of imidazole rings is 1. The van der Waals surface area contributed by atoms with Crippen LogP contribution in [0.15, 0.2) is 47.3 Å². The van der Waals surface area contributed by atoms with Crippen LogP contribution >= 0.6 is 11.6 Å². The molecule has 152 valence electrons. The van der Waals surface area contributed by atoms with Crippen LogP contribution in [0.25, 0.3) is 33.3 Å². The molecule has 2 aromatic carbocycles. The van der Waals surface area contributed by atoms with Crippen LogP contribution in [-0.2, 0) is 0 Å². The molecule has 5 heterocycles. The molecule has 0 aliphatic carbocycles. The number of fused-ring (bicyclic) bond motifs is 5. The number of aromatic amines is 2. The average molecular weight is 420 g/mol. The predicted octanol–water partition coefficient (Wildman–Crippen LogP) is 4.23. The van der Waals surface area contributed by atoms with Crippen molar-refractivity contribution < 1.29 is 0 Å². The lowest BCUT2D eigenvalue weighted by Crippen LogP contribution is -2.53. The average Bonchev–Trinajstić information content (AvgIpc) is 3.18. The second-order valence-corrected chi connectivity index (χ2v) is 8.82. The summed E-state index contributed by atoms with van der Waals surface area (Å²) < 4.78 is 0. The number of pyridine rings is 1. The molecule has 2 bridgehead atoms. The first kappa shape index (κ1) is 18.0. The summed E-state index contributed by atoms with van der Waals surface area (Å²) in [6.45, 7) is 3.35. The number of halogens is 1. The molecule has 3 saturated heterocycles. The molecule has 3 aliphatic rings. The number of H-pyrrole nitrogens is 2. The Morgan fingerprint density at radius 1 is 1.07 bits per heavy atom. The molecule has 0 radical (unpaired) electrons. The van der Waals surface area contributed by atoms with Gasteiger partial charge in [0.2, 0.25) is 0 Å². The van der Waals surface area contributed by atoms with Gasteiger partial charge in [-0.1, -0.05) is 23.7 Å². The Kier molecular flexibility index (Phi) is 4.11. The van der Waals surface area contributed by atoms with Crippen LogP contribution in [0.4, 0.5) is 5.69 Å². The molecular formula is C23H22ClN5O. The summed E-state index contributed by atoms with van der Waals surface area (Å²) in [5.74, 6) is 1.21. The molecule has 30 heavy (non-hydrogen) atoms. The molecule has 7 heteroatoms. The van der Waals surface area contributed by atoms with Gasteiger partial charge in [-0.05, 0) is 62.2 Å². The molecule has 0 unspecified atom stereocenters. The second kappa shape index (κ2) is 6.86. The summed E-state index contributed by atoms with van der Waals surface area (Å²) in [6, 6.07) is 13.8. The Bertz CT molecular complexity index is 1290. The molecular weight excluding hydrogens is 398 g/mol. The van der Waals surface area contributed by atoms with Gasteiger partial charge in [0.25, 0.3) is 5.56 Å². The Labute approximate surface area is 178 Å². The van der Waals surface area contributed by atoms with E-state index in [1.807, 2.05) is 42.5 Å². The number of para-hydroxylation sites is 2. The van der Waals surface area contributed by atoms with E-state index < -0.39 is 0 Å². The minimum atomic E-state index is -0.174. The van der Waals surface area contributed by atoms with Crippen LogP contribution in [0.5, 0.6) is 0 Å². The van der Waals surface area contributed by atoms with Gasteiger partial charge in [0, 0.05) is 23.0 Å². The molecule has 4 aromatic rings. The van der Waals surface area contributed by atoms with Gasteiger partial charge in [-0.25, -0.2) is 4.98 Å². The molecule has 1 atom stereocenters. The molecule has 3 fully saturated rings. The summed E-state index contributed by atoms with van der Waals surface area (Å²) in [6.07, 6.45) is 2.40. The molecule has 0 amide bonds. The summed E-state index contributed by atoms with van der Waals surface area (Å²) in [5, 5.41) is 5.31. The Morgan fingerprint density at radius 2 is 1.90 bits per heavy atom. The van der Waals surface area contributed by atoms with E-state index in [-0.39, 0.29) is 5.56 Å². The lowest BCUT2D eigenvalue weighted by atomic mass is 9.83. The summed E-state index contributed by atoms with van der Waals surface area (Å²) in [5.41, 5.74) is 3.71. The topological polar surface area (TPSA) is 76.8 Å². The zero-order valence-corrected chi connectivity index (χ0v) is 17.2. The third-order valence-electron chi connectivity index (χ3n) is 6.59. The normalized spacial score (nSPS) is 23.3. The van der Waals surface area contributed by atoms with Crippen molar-refractivity contribution in [3.8, 4) is 11.4 Å². The first-order valence-electron chi connectivity index (χ1n) is 10.5. The smallest absolute Gasteiger partial charge is 0.261 e. The minimum absolute atomic E-state index is 0.174. The van der Waals surface area contributed by atoms with Crippen LogP contribution in [0, 0.1) is 5.92 Å². The highest BCUT2D eigenvalue weighted by Crippen LogP contribution is 2.36. The molecule has 7 rings (SSSR count). The highest BCUT2D eigenvalue weighted by molar-refractivity contribution is 6.31. The van der Waals surface area contributed by atoms with E-state index in [1.165, 1.54) is 25.9 Å². The lowest BCUT2D eigenvalue weighted by Gasteiger charge is -2.45. The number of nitrogens with one attached hydrogen (secondary N) is 3. The van der Waals surface area contributed by atoms with Crippen LogP contribution in [0.2, 0.25) is 5.02 Å². The number of piperidine rings is 3. The van der Waals surface area contributed by atoms with Crippen LogP contribution in [0.1, 0.15) is 12.8 Å². The van der Waals surface area contributed by atoms with Gasteiger partial charge < -0.3 is 20.2 Å². The fraction of sp³-hybridized carbons (Fsp3) is 0.304. The van der Waals surface area contributed by atoms with Gasteiger partial charge in [0.05, 0.1) is 22.2 Å². The van der Waals surface area contributed by atoms with E-state index in [9.17, 15) is 4.79 Å². The van der Waals surface area contributed by atoms with Crippen molar-refractivity contribution in [3.05, 3.63) is 57.8 Å². The third-order valence-corrected chi connectivity index (χ3v) is 6.82. The third kappa shape index (κ3) is 2.90. The minimum Gasteiger partial charge on any atom is -0.379 e. The maximum absolute atomic E-state index is 13.2. The number of nitrogens with zero attached hydrogens (tertiary/aromatic N) is 2.